The molecule has 1 aliphatic heterocycles. The number of hydrogen-bond acceptors (Lipinski definition) is 4. The number of aliphatic hydroxyl groups is 2. The lowest BCUT2D eigenvalue weighted by atomic mass is 9.35. The molecule has 0 spiro atoms. The van der Waals surface area contributed by atoms with E-state index in [-0.39, 0.29) is 40.8 Å². The van der Waals surface area contributed by atoms with Crippen molar-refractivity contribution in [2.24, 2.45) is 39.4 Å². The molecule has 5 aliphatic rings. The standard InChI is InChI=1S/C26H40O4/c1-15-16-7-8-18-24(4)12-9-17-23(2,3)10-6-11-26(17,14-27)19(24)13-20(28)25(18,5)21(16)22(29)30-15/h15,17-20,27-28H,6-14H2,1-5H3/t15-,17+,18+,19+,20-,24+,25-,26-/m1/s1. The van der Waals surface area contributed by atoms with E-state index in [1.807, 2.05) is 6.92 Å². The van der Waals surface area contributed by atoms with Crippen LogP contribution in [0.15, 0.2) is 11.1 Å². The number of carbonyl (C=O) groups excluding carboxylic acids is 1. The van der Waals surface area contributed by atoms with Crippen LogP contribution in [-0.4, -0.2) is 35.0 Å². The highest BCUT2D eigenvalue weighted by molar-refractivity contribution is 5.94. The minimum absolute atomic E-state index is 0.0330. The maximum atomic E-state index is 12.9. The van der Waals surface area contributed by atoms with Crippen LogP contribution in [0.2, 0.25) is 0 Å². The molecule has 0 amide bonds. The first kappa shape index (κ1) is 21.0. The number of hydrogen-bond donors (Lipinski definition) is 2. The second-order valence-corrected chi connectivity index (χ2v) is 12.5. The number of ether oxygens (including phenoxy) is 1. The molecule has 8 atom stereocenters. The number of rotatable bonds is 1. The first-order valence-corrected chi connectivity index (χ1v) is 12.3. The Morgan fingerprint density at radius 2 is 1.77 bits per heavy atom. The molecule has 4 heteroatoms. The van der Waals surface area contributed by atoms with Crippen molar-refractivity contribution in [3.63, 3.8) is 0 Å². The van der Waals surface area contributed by atoms with Crippen LogP contribution in [0.3, 0.4) is 0 Å². The van der Waals surface area contributed by atoms with E-state index >= 15 is 0 Å². The van der Waals surface area contributed by atoms with Crippen LogP contribution in [-0.2, 0) is 9.53 Å². The molecule has 0 aromatic carbocycles. The summed E-state index contributed by atoms with van der Waals surface area (Å²) in [4.78, 5) is 12.9. The normalized spacial score (nSPS) is 52.1. The highest BCUT2D eigenvalue weighted by atomic mass is 16.5. The highest BCUT2D eigenvalue weighted by Crippen LogP contribution is 2.73. The van der Waals surface area contributed by atoms with Crippen LogP contribution in [0.25, 0.3) is 0 Å². The lowest BCUT2D eigenvalue weighted by Gasteiger charge is -2.70. The second-order valence-electron chi connectivity index (χ2n) is 12.5. The minimum Gasteiger partial charge on any atom is -0.455 e. The van der Waals surface area contributed by atoms with Crippen LogP contribution in [0.4, 0.5) is 0 Å². The SMILES string of the molecule is C[C@H]1OC(=O)C2=C1CC[C@H]1[C@]3(C)CC[C@H]4C(C)(C)CCC[C@]4(CO)[C@H]3C[C@@H](O)[C@]21C. The Hall–Kier alpha value is -0.870. The average molecular weight is 417 g/mol. The number of fused-ring (bicyclic) bond motifs is 6. The van der Waals surface area contributed by atoms with E-state index in [9.17, 15) is 15.0 Å². The van der Waals surface area contributed by atoms with Crippen LogP contribution in [0.1, 0.15) is 86.0 Å². The fourth-order valence-electron chi connectivity index (χ4n) is 9.78. The van der Waals surface area contributed by atoms with Gasteiger partial charge in [-0.3, -0.25) is 0 Å². The highest BCUT2D eigenvalue weighted by Gasteiger charge is 2.69. The number of carbonyl (C=O) groups is 1. The predicted molar refractivity (Wildman–Crippen MR) is 116 cm³/mol. The third kappa shape index (κ3) is 2.33. The molecule has 5 rings (SSSR count). The van der Waals surface area contributed by atoms with Crippen molar-refractivity contribution in [3.05, 3.63) is 11.1 Å². The zero-order chi connectivity index (χ0) is 21.7. The molecule has 0 aromatic heterocycles. The lowest BCUT2D eigenvalue weighted by molar-refractivity contribution is -0.233. The van der Waals surface area contributed by atoms with Gasteiger partial charge in [0.15, 0.2) is 0 Å². The predicted octanol–water partition coefficient (Wildman–Crippen LogP) is 4.63. The molecule has 0 saturated heterocycles. The fraction of sp³-hybridized carbons (Fsp3) is 0.885. The fourth-order valence-corrected chi connectivity index (χ4v) is 9.78. The third-order valence-electron chi connectivity index (χ3n) is 11.1. The molecule has 4 aliphatic carbocycles. The summed E-state index contributed by atoms with van der Waals surface area (Å²) in [6.45, 7) is 11.5. The maximum absolute atomic E-state index is 12.9. The van der Waals surface area contributed by atoms with E-state index in [1.54, 1.807) is 0 Å². The van der Waals surface area contributed by atoms with Crippen LogP contribution in [0, 0.1) is 39.4 Å². The van der Waals surface area contributed by atoms with Crippen molar-refractivity contribution in [1.29, 1.82) is 0 Å². The summed E-state index contributed by atoms with van der Waals surface area (Å²) >= 11 is 0. The van der Waals surface area contributed by atoms with Gasteiger partial charge in [0, 0.05) is 23.0 Å². The van der Waals surface area contributed by atoms with Crippen LogP contribution < -0.4 is 0 Å². The summed E-state index contributed by atoms with van der Waals surface area (Å²) in [6, 6.07) is 0. The van der Waals surface area contributed by atoms with Gasteiger partial charge in [0.2, 0.25) is 0 Å². The van der Waals surface area contributed by atoms with E-state index in [2.05, 4.69) is 27.7 Å². The van der Waals surface area contributed by atoms with E-state index in [0.29, 0.717) is 18.3 Å². The summed E-state index contributed by atoms with van der Waals surface area (Å²) in [7, 11) is 0. The molecule has 0 bridgehead atoms. The van der Waals surface area contributed by atoms with E-state index in [4.69, 9.17) is 4.74 Å². The molecule has 30 heavy (non-hydrogen) atoms. The molecule has 4 nitrogen and oxygen atoms in total. The van der Waals surface area contributed by atoms with E-state index in [0.717, 1.165) is 49.7 Å². The Morgan fingerprint density at radius 1 is 1.03 bits per heavy atom. The molecular formula is C26H40O4. The van der Waals surface area contributed by atoms with Gasteiger partial charge < -0.3 is 14.9 Å². The van der Waals surface area contributed by atoms with Gasteiger partial charge in [-0.15, -0.1) is 0 Å². The van der Waals surface area contributed by atoms with E-state index < -0.39 is 11.5 Å². The van der Waals surface area contributed by atoms with Gasteiger partial charge in [-0.2, -0.15) is 0 Å². The van der Waals surface area contributed by atoms with Crippen LogP contribution >= 0.6 is 0 Å². The van der Waals surface area contributed by atoms with Crippen molar-refractivity contribution in [1.82, 2.24) is 0 Å². The summed E-state index contributed by atoms with van der Waals surface area (Å²) in [5, 5.41) is 22.5. The molecule has 1 heterocycles. The zero-order valence-corrected chi connectivity index (χ0v) is 19.5. The summed E-state index contributed by atoms with van der Waals surface area (Å²) < 4.78 is 5.63. The topological polar surface area (TPSA) is 66.8 Å². The van der Waals surface area contributed by atoms with Crippen molar-refractivity contribution < 1.29 is 19.7 Å². The molecule has 3 saturated carbocycles. The second kappa shape index (κ2) is 6.34. The van der Waals surface area contributed by atoms with Crippen molar-refractivity contribution >= 4 is 5.97 Å². The number of esters is 1. The number of aliphatic hydroxyl groups excluding tert-OH is 2. The molecule has 168 valence electrons. The van der Waals surface area contributed by atoms with Gasteiger partial charge in [-0.05, 0) is 86.0 Å². The zero-order valence-electron chi connectivity index (χ0n) is 19.5. The Kier molecular flexibility index (Phi) is 4.44. The molecule has 0 radical (unpaired) electrons. The summed E-state index contributed by atoms with van der Waals surface area (Å²) in [5.74, 6) is 0.867. The first-order chi connectivity index (χ1) is 14.0. The van der Waals surface area contributed by atoms with Crippen molar-refractivity contribution in [3.8, 4) is 0 Å². The van der Waals surface area contributed by atoms with Gasteiger partial charge in [-0.1, -0.05) is 34.1 Å². The van der Waals surface area contributed by atoms with Crippen molar-refractivity contribution in [2.45, 2.75) is 98.2 Å². The molecule has 2 N–H and O–H groups in total. The third-order valence-corrected chi connectivity index (χ3v) is 11.1. The van der Waals surface area contributed by atoms with Gasteiger partial charge in [0.1, 0.15) is 6.10 Å². The minimum atomic E-state index is -0.559. The molecule has 0 aromatic rings. The average Bonchev–Trinajstić information content (AvgIpc) is 2.97. The largest absolute Gasteiger partial charge is 0.455 e. The Labute approximate surface area is 181 Å². The Balaban J connectivity index is 1.62. The molecular weight excluding hydrogens is 376 g/mol. The van der Waals surface area contributed by atoms with Gasteiger partial charge in [-0.25, -0.2) is 4.79 Å². The monoisotopic (exact) mass is 416 g/mol. The molecule has 3 fully saturated rings. The molecule has 0 unspecified atom stereocenters. The smallest absolute Gasteiger partial charge is 0.335 e. The maximum Gasteiger partial charge on any atom is 0.335 e. The Bertz CT molecular complexity index is 799. The van der Waals surface area contributed by atoms with Crippen LogP contribution in [0.5, 0.6) is 0 Å². The quantitative estimate of drug-likeness (QED) is 0.612. The summed E-state index contributed by atoms with van der Waals surface area (Å²) in [6.07, 6.45) is 7.63. The van der Waals surface area contributed by atoms with Crippen molar-refractivity contribution in [2.75, 3.05) is 6.61 Å². The summed E-state index contributed by atoms with van der Waals surface area (Å²) in [5.41, 5.74) is 1.56. The van der Waals surface area contributed by atoms with Gasteiger partial charge >= 0.3 is 5.97 Å². The Morgan fingerprint density at radius 3 is 2.47 bits per heavy atom. The van der Waals surface area contributed by atoms with E-state index in [1.165, 1.54) is 6.42 Å². The van der Waals surface area contributed by atoms with Gasteiger partial charge in [0.05, 0.1) is 6.10 Å². The number of cyclic esters (lactones) is 1. The van der Waals surface area contributed by atoms with Gasteiger partial charge in [0.25, 0.3) is 0 Å². The lowest BCUT2D eigenvalue weighted by Crippen LogP contribution is -2.66. The first-order valence-electron chi connectivity index (χ1n) is 12.3.